The van der Waals surface area contributed by atoms with Gasteiger partial charge in [0.25, 0.3) is 0 Å². The van der Waals surface area contributed by atoms with Crippen LogP contribution in [0.4, 0.5) is 0 Å². The molecular formula is C8H14BrNO. The van der Waals surface area contributed by atoms with Crippen molar-refractivity contribution in [3.63, 3.8) is 0 Å². The maximum absolute atomic E-state index is 11.1. The maximum Gasteiger partial charge on any atom is 0.219 e. The Bertz CT molecular complexity index is 145. The molecule has 1 fully saturated rings. The molecule has 1 amide bonds. The molecule has 0 N–H and O–H groups in total. The van der Waals surface area contributed by atoms with Crippen LogP contribution in [0.15, 0.2) is 0 Å². The first-order chi connectivity index (χ1) is 5.25. The number of hydrogen-bond donors (Lipinski definition) is 0. The summed E-state index contributed by atoms with van der Waals surface area (Å²) in [6.07, 6.45) is 3.69. The molecule has 0 radical (unpaired) electrons. The third kappa shape index (κ3) is 2.19. The topological polar surface area (TPSA) is 20.3 Å². The zero-order valence-corrected chi connectivity index (χ0v) is 8.43. The molecule has 0 bridgehead atoms. The highest BCUT2D eigenvalue weighted by Gasteiger charge is 2.25. The average Bonchev–Trinajstić information content (AvgIpc) is 1.82. The van der Waals surface area contributed by atoms with Crippen molar-refractivity contribution in [3.05, 3.63) is 0 Å². The first kappa shape index (κ1) is 9.04. The largest absolute Gasteiger partial charge is 0.339 e. The number of nitrogens with zero attached hydrogens (tertiary/aromatic N) is 1. The van der Waals surface area contributed by atoms with Crippen molar-refractivity contribution in [2.24, 2.45) is 0 Å². The van der Waals surface area contributed by atoms with Gasteiger partial charge in [-0.2, -0.15) is 0 Å². The summed E-state index contributed by atoms with van der Waals surface area (Å²) in [5, 5.41) is 0.892. The van der Waals surface area contributed by atoms with E-state index in [9.17, 15) is 4.79 Å². The van der Waals surface area contributed by atoms with Crippen molar-refractivity contribution in [3.8, 4) is 0 Å². The van der Waals surface area contributed by atoms with Crippen LogP contribution in [0.3, 0.4) is 0 Å². The van der Waals surface area contributed by atoms with E-state index in [0.29, 0.717) is 6.04 Å². The zero-order chi connectivity index (χ0) is 8.27. The van der Waals surface area contributed by atoms with Crippen LogP contribution in [-0.4, -0.2) is 28.7 Å². The van der Waals surface area contributed by atoms with Crippen molar-refractivity contribution < 1.29 is 4.79 Å². The Morgan fingerprint density at radius 3 is 2.55 bits per heavy atom. The monoisotopic (exact) mass is 219 g/mol. The molecule has 1 aliphatic rings. The molecule has 0 aromatic carbocycles. The van der Waals surface area contributed by atoms with Crippen LogP contribution in [0, 0.1) is 0 Å². The van der Waals surface area contributed by atoms with Gasteiger partial charge in [0.1, 0.15) is 0 Å². The molecule has 3 heteroatoms. The third-order valence-corrected chi connectivity index (χ3v) is 2.60. The van der Waals surface area contributed by atoms with Crippen LogP contribution in [0.1, 0.15) is 26.2 Å². The molecule has 0 heterocycles. The number of carbonyl (C=O) groups is 1. The number of alkyl halides is 1. The minimum absolute atomic E-state index is 0.217. The molecular weight excluding hydrogens is 206 g/mol. The molecule has 0 atom stereocenters. The lowest BCUT2D eigenvalue weighted by molar-refractivity contribution is -0.132. The second-order valence-corrected chi connectivity index (χ2v) is 3.78. The van der Waals surface area contributed by atoms with E-state index in [1.807, 2.05) is 4.90 Å². The summed E-state index contributed by atoms with van der Waals surface area (Å²) in [4.78, 5) is 13.0. The van der Waals surface area contributed by atoms with E-state index >= 15 is 0 Å². The molecule has 0 aromatic rings. The minimum atomic E-state index is 0.217. The third-order valence-electron chi connectivity index (χ3n) is 2.25. The Hall–Kier alpha value is -0.0500. The van der Waals surface area contributed by atoms with Gasteiger partial charge in [0.05, 0.1) is 0 Å². The second kappa shape index (κ2) is 4.10. The fourth-order valence-corrected chi connectivity index (χ4v) is 1.77. The summed E-state index contributed by atoms with van der Waals surface area (Å²) >= 11 is 3.35. The molecule has 0 aliphatic heterocycles. The summed E-state index contributed by atoms with van der Waals surface area (Å²) in [6.45, 7) is 2.51. The van der Waals surface area contributed by atoms with Gasteiger partial charge in [-0.15, -0.1) is 0 Å². The zero-order valence-electron chi connectivity index (χ0n) is 6.85. The fourth-order valence-electron chi connectivity index (χ4n) is 1.39. The normalized spacial score (nSPS) is 17.6. The first-order valence-electron chi connectivity index (χ1n) is 4.09. The standard InChI is InChI=1S/C8H14BrNO/c1-7(11)10(6-5-9)8-3-2-4-8/h8H,2-6H2,1H3. The van der Waals surface area contributed by atoms with Gasteiger partial charge in [0.15, 0.2) is 0 Å². The highest BCUT2D eigenvalue weighted by molar-refractivity contribution is 9.09. The van der Waals surface area contributed by atoms with Gasteiger partial charge in [0.2, 0.25) is 5.91 Å². The SMILES string of the molecule is CC(=O)N(CCBr)C1CCC1. The van der Waals surface area contributed by atoms with Gasteiger partial charge >= 0.3 is 0 Å². The summed E-state index contributed by atoms with van der Waals surface area (Å²) in [7, 11) is 0. The molecule has 1 aliphatic carbocycles. The number of amides is 1. The van der Waals surface area contributed by atoms with Gasteiger partial charge in [0, 0.05) is 24.8 Å². The molecule has 2 nitrogen and oxygen atoms in total. The summed E-state index contributed by atoms with van der Waals surface area (Å²) < 4.78 is 0. The Labute approximate surface area is 76.1 Å². The van der Waals surface area contributed by atoms with Crippen LogP contribution >= 0.6 is 15.9 Å². The van der Waals surface area contributed by atoms with Gasteiger partial charge in [-0.3, -0.25) is 4.79 Å². The van der Waals surface area contributed by atoms with Gasteiger partial charge in [-0.25, -0.2) is 0 Å². The van der Waals surface area contributed by atoms with Crippen molar-refractivity contribution in [1.82, 2.24) is 4.90 Å². The van der Waals surface area contributed by atoms with Gasteiger partial charge < -0.3 is 4.90 Å². The van der Waals surface area contributed by atoms with Crippen LogP contribution in [-0.2, 0) is 4.79 Å². The Kier molecular flexibility index (Phi) is 3.37. The second-order valence-electron chi connectivity index (χ2n) is 2.99. The Morgan fingerprint density at radius 1 is 1.64 bits per heavy atom. The van der Waals surface area contributed by atoms with Crippen LogP contribution in [0.25, 0.3) is 0 Å². The predicted octanol–water partition coefficient (Wildman–Crippen LogP) is 1.78. The summed E-state index contributed by atoms with van der Waals surface area (Å²) in [5.74, 6) is 0.217. The van der Waals surface area contributed by atoms with Crippen LogP contribution < -0.4 is 0 Å². The molecule has 11 heavy (non-hydrogen) atoms. The van der Waals surface area contributed by atoms with E-state index in [4.69, 9.17) is 0 Å². The van der Waals surface area contributed by atoms with E-state index in [2.05, 4.69) is 15.9 Å². The van der Waals surface area contributed by atoms with Crippen molar-refractivity contribution in [2.45, 2.75) is 32.2 Å². The van der Waals surface area contributed by atoms with Crippen LogP contribution in [0.5, 0.6) is 0 Å². The highest BCUT2D eigenvalue weighted by Crippen LogP contribution is 2.24. The van der Waals surface area contributed by atoms with E-state index in [0.717, 1.165) is 11.9 Å². The van der Waals surface area contributed by atoms with Crippen molar-refractivity contribution in [1.29, 1.82) is 0 Å². The van der Waals surface area contributed by atoms with Gasteiger partial charge in [-0.05, 0) is 19.3 Å². The fraction of sp³-hybridized carbons (Fsp3) is 0.875. The predicted molar refractivity (Wildman–Crippen MR) is 48.8 cm³/mol. The molecule has 1 rings (SSSR count). The number of hydrogen-bond acceptors (Lipinski definition) is 1. The van der Waals surface area contributed by atoms with Gasteiger partial charge in [-0.1, -0.05) is 15.9 Å². The Morgan fingerprint density at radius 2 is 2.27 bits per heavy atom. The van der Waals surface area contributed by atoms with Crippen molar-refractivity contribution in [2.75, 3.05) is 11.9 Å². The Balaban J connectivity index is 2.37. The lowest BCUT2D eigenvalue weighted by atomic mass is 9.91. The number of halogens is 1. The lowest BCUT2D eigenvalue weighted by Gasteiger charge is -2.36. The average molecular weight is 220 g/mol. The quantitative estimate of drug-likeness (QED) is 0.664. The molecule has 0 saturated heterocycles. The first-order valence-corrected chi connectivity index (χ1v) is 5.21. The van der Waals surface area contributed by atoms with E-state index in [-0.39, 0.29) is 5.91 Å². The highest BCUT2D eigenvalue weighted by atomic mass is 79.9. The summed E-state index contributed by atoms with van der Waals surface area (Å²) in [5.41, 5.74) is 0. The van der Waals surface area contributed by atoms with Crippen molar-refractivity contribution >= 4 is 21.8 Å². The maximum atomic E-state index is 11.1. The molecule has 0 spiro atoms. The van der Waals surface area contributed by atoms with E-state index in [1.165, 1.54) is 19.3 Å². The smallest absolute Gasteiger partial charge is 0.219 e. The molecule has 64 valence electrons. The summed E-state index contributed by atoms with van der Waals surface area (Å²) in [6, 6.07) is 0.546. The molecule has 1 saturated carbocycles. The lowest BCUT2D eigenvalue weighted by Crippen LogP contribution is -2.44. The molecule has 0 unspecified atom stereocenters. The molecule has 0 aromatic heterocycles. The van der Waals surface area contributed by atoms with Crippen LogP contribution in [0.2, 0.25) is 0 Å². The van der Waals surface area contributed by atoms with E-state index in [1.54, 1.807) is 6.92 Å². The number of rotatable bonds is 3. The minimum Gasteiger partial charge on any atom is -0.339 e. The number of carbonyl (C=O) groups excluding carboxylic acids is 1. The van der Waals surface area contributed by atoms with E-state index < -0.39 is 0 Å².